The van der Waals surface area contributed by atoms with E-state index in [2.05, 4.69) is 15.3 Å². The fraction of sp³-hybridized carbons (Fsp3) is 0.200. The van der Waals surface area contributed by atoms with Gasteiger partial charge in [0.05, 0.1) is 6.20 Å². The fourth-order valence-corrected chi connectivity index (χ4v) is 2.39. The van der Waals surface area contributed by atoms with Crippen LogP contribution in [0.2, 0.25) is 5.15 Å². The number of rotatable bonds is 3. The normalized spacial score (nSPS) is 11.6. The molecule has 0 spiro atoms. The highest BCUT2D eigenvalue weighted by molar-refractivity contribution is 7.19. The number of hydrogen-bond donors (Lipinski definition) is 1. The Kier molecular flexibility index (Phi) is 3.91. The number of pyridine rings is 1. The van der Waals surface area contributed by atoms with E-state index in [0.717, 1.165) is 17.5 Å². The molecule has 2 heterocycles. The van der Waals surface area contributed by atoms with Crippen molar-refractivity contribution in [1.82, 2.24) is 9.97 Å². The lowest BCUT2D eigenvalue weighted by atomic mass is 10.3. The minimum Gasteiger partial charge on any atom is -0.366 e. The largest absolute Gasteiger partial charge is 0.405 e. The second kappa shape index (κ2) is 5.30. The summed E-state index contributed by atoms with van der Waals surface area (Å²) in [6, 6.07) is 1.18. The predicted molar refractivity (Wildman–Crippen MR) is 64.9 cm³/mol. The van der Waals surface area contributed by atoms with Gasteiger partial charge in [-0.25, -0.2) is 9.37 Å². The van der Waals surface area contributed by atoms with E-state index in [0.29, 0.717) is 10.6 Å². The molecule has 0 aromatic carbocycles. The first-order valence-corrected chi connectivity index (χ1v) is 6.12. The third-order valence-corrected chi connectivity index (χ3v) is 3.43. The summed E-state index contributed by atoms with van der Waals surface area (Å²) in [6.07, 6.45) is -1.98. The van der Waals surface area contributed by atoms with E-state index in [-0.39, 0.29) is 10.2 Å². The van der Waals surface area contributed by atoms with Gasteiger partial charge in [0.2, 0.25) is 0 Å². The number of nitrogens with zero attached hydrogens (tertiary/aromatic N) is 2. The number of nitrogens with one attached hydrogen (secondary N) is 1. The fourth-order valence-electron chi connectivity index (χ4n) is 1.24. The van der Waals surface area contributed by atoms with Crippen molar-refractivity contribution in [1.29, 1.82) is 0 Å². The van der Waals surface area contributed by atoms with Crippen LogP contribution in [0, 0.1) is 5.82 Å². The van der Waals surface area contributed by atoms with Crippen LogP contribution in [-0.2, 0) is 0 Å². The Morgan fingerprint density at radius 3 is 2.68 bits per heavy atom. The minimum absolute atomic E-state index is 0.0817. The molecule has 0 saturated heterocycles. The average Bonchev–Trinajstić information content (AvgIpc) is 2.67. The Labute approximate surface area is 114 Å². The SMILES string of the molecule is Fc1cncc(-c2nc(Cl)c(NCC(F)(F)F)s2)c1. The van der Waals surface area contributed by atoms with Crippen LogP contribution in [0.5, 0.6) is 0 Å². The molecule has 3 nitrogen and oxygen atoms in total. The summed E-state index contributed by atoms with van der Waals surface area (Å²) < 4.78 is 49.2. The molecular formula is C10H6ClF4N3S. The molecule has 0 fully saturated rings. The molecule has 2 aromatic heterocycles. The number of hydrogen-bond acceptors (Lipinski definition) is 4. The van der Waals surface area contributed by atoms with Crippen LogP contribution in [0.1, 0.15) is 0 Å². The quantitative estimate of drug-likeness (QED) is 0.872. The molecule has 0 saturated carbocycles. The van der Waals surface area contributed by atoms with Crippen molar-refractivity contribution in [2.75, 3.05) is 11.9 Å². The van der Waals surface area contributed by atoms with Gasteiger partial charge in [-0.15, -0.1) is 0 Å². The highest BCUT2D eigenvalue weighted by atomic mass is 35.5. The van der Waals surface area contributed by atoms with Crippen LogP contribution in [0.3, 0.4) is 0 Å². The molecule has 9 heteroatoms. The summed E-state index contributed by atoms with van der Waals surface area (Å²) in [5.74, 6) is -0.561. The Balaban J connectivity index is 2.21. The van der Waals surface area contributed by atoms with Gasteiger partial charge in [-0.3, -0.25) is 4.98 Å². The first-order chi connectivity index (χ1) is 8.85. The molecule has 0 atom stereocenters. The Hall–Kier alpha value is -1.41. The summed E-state index contributed by atoms with van der Waals surface area (Å²) >= 11 is 6.62. The first kappa shape index (κ1) is 14.0. The van der Waals surface area contributed by atoms with Crippen molar-refractivity contribution in [3.05, 3.63) is 29.4 Å². The molecular weight excluding hydrogens is 306 g/mol. The Morgan fingerprint density at radius 1 is 1.32 bits per heavy atom. The third-order valence-electron chi connectivity index (χ3n) is 1.99. The molecule has 0 aliphatic heterocycles. The van der Waals surface area contributed by atoms with Gasteiger partial charge < -0.3 is 5.32 Å². The van der Waals surface area contributed by atoms with Gasteiger partial charge in [-0.05, 0) is 6.07 Å². The Morgan fingerprint density at radius 2 is 2.05 bits per heavy atom. The maximum absolute atomic E-state index is 13.0. The van der Waals surface area contributed by atoms with E-state index in [1.807, 2.05) is 0 Å². The molecule has 0 unspecified atom stereocenters. The van der Waals surface area contributed by atoms with E-state index in [1.54, 1.807) is 0 Å². The van der Waals surface area contributed by atoms with E-state index < -0.39 is 18.5 Å². The van der Waals surface area contributed by atoms with E-state index >= 15 is 0 Å². The van der Waals surface area contributed by atoms with Gasteiger partial charge in [0.15, 0.2) is 5.15 Å². The van der Waals surface area contributed by atoms with Crippen molar-refractivity contribution in [3.63, 3.8) is 0 Å². The number of halogens is 5. The number of aromatic nitrogens is 2. The minimum atomic E-state index is -4.35. The van der Waals surface area contributed by atoms with Crippen molar-refractivity contribution in [2.45, 2.75) is 6.18 Å². The van der Waals surface area contributed by atoms with Gasteiger partial charge in [-0.2, -0.15) is 13.2 Å². The molecule has 2 aromatic rings. The maximum atomic E-state index is 13.0. The molecule has 19 heavy (non-hydrogen) atoms. The highest BCUT2D eigenvalue weighted by Crippen LogP contribution is 2.35. The van der Waals surface area contributed by atoms with Crippen molar-refractivity contribution in [3.8, 4) is 10.6 Å². The second-order valence-electron chi connectivity index (χ2n) is 3.50. The van der Waals surface area contributed by atoms with E-state index in [4.69, 9.17) is 11.6 Å². The summed E-state index contributed by atoms with van der Waals surface area (Å²) in [7, 11) is 0. The van der Waals surface area contributed by atoms with Gasteiger partial charge >= 0.3 is 6.18 Å². The zero-order chi connectivity index (χ0) is 14.0. The molecule has 0 aliphatic carbocycles. The van der Waals surface area contributed by atoms with Gasteiger partial charge in [-0.1, -0.05) is 22.9 Å². The van der Waals surface area contributed by atoms with Gasteiger partial charge in [0, 0.05) is 11.8 Å². The first-order valence-electron chi connectivity index (χ1n) is 4.93. The number of anilines is 1. The van der Waals surface area contributed by atoms with Crippen molar-refractivity contribution < 1.29 is 17.6 Å². The molecule has 1 N–H and O–H groups in total. The monoisotopic (exact) mass is 311 g/mol. The van der Waals surface area contributed by atoms with Gasteiger partial charge in [0.1, 0.15) is 22.4 Å². The average molecular weight is 312 g/mol. The highest BCUT2D eigenvalue weighted by Gasteiger charge is 2.27. The lowest BCUT2D eigenvalue weighted by Gasteiger charge is -2.06. The van der Waals surface area contributed by atoms with Gasteiger partial charge in [0.25, 0.3) is 0 Å². The molecule has 0 amide bonds. The topological polar surface area (TPSA) is 37.8 Å². The molecule has 2 rings (SSSR count). The number of alkyl halides is 3. The molecule has 0 bridgehead atoms. The molecule has 102 valence electrons. The standard InChI is InChI=1S/C10H6ClF4N3S/c11-7-9(17-4-10(13,14)15)19-8(18-7)5-1-6(12)3-16-2-5/h1-3,17H,4H2. The molecule has 0 aliphatic rings. The van der Waals surface area contributed by atoms with Crippen LogP contribution in [0.25, 0.3) is 10.6 Å². The summed E-state index contributed by atoms with van der Waals surface area (Å²) in [6.45, 7) is -1.21. The predicted octanol–water partition coefficient (Wildman–Crippen LogP) is 3.97. The van der Waals surface area contributed by atoms with Crippen LogP contribution in [-0.4, -0.2) is 22.7 Å². The van der Waals surface area contributed by atoms with Crippen LogP contribution in [0.4, 0.5) is 22.6 Å². The smallest absolute Gasteiger partial charge is 0.366 e. The Bertz CT molecular complexity index is 584. The zero-order valence-corrected chi connectivity index (χ0v) is 10.7. The van der Waals surface area contributed by atoms with Crippen molar-refractivity contribution in [2.24, 2.45) is 0 Å². The maximum Gasteiger partial charge on any atom is 0.405 e. The van der Waals surface area contributed by atoms with Crippen LogP contribution in [0.15, 0.2) is 18.5 Å². The van der Waals surface area contributed by atoms with Crippen molar-refractivity contribution >= 4 is 27.9 Å². The summed E-state index contributed by atoms with van der Waals surface area (Å²) in [5, 5.41) is 2.43. The summed E-state index contributed by atoms with van der Waals surface area (Å²) in [5.41, 5.74) is 0.354. The zero-order valence-electron chi connectivity index (χ0n) is 9.13. The van der Waals surface area contributed by atoms with E-state index in [1.165, 1.54) is 12.3 Å². The van der Waals surface area contributed by atoms with E-state index in [9.17, 15) is 17.6 Å². The summed E-state index contributed by atoms with van der Waals surface area (Å²) in [4.78, 5) is 7.50. The lowest BCUT2D eigenvalue weighted by Crippen LogP contribution is -2.20. The number of thiazole rings is 1. The molecule has 0 radical (unpaired) electrons. The lowest BCUT2D eigenvalue weighted by molar-refractivity contribution is -0.115. The third kappa shape index (κ3) is 3.77. The second-order valence-corrected chi connectivity index (χ2v) is 4.86. The van der Waals surface area contributed by atoms with Crippen LogP contribution >= 0.6 is 22.9 Å². The van der Waals surface area contributed by atoms with Crippen LogP contribution < -0.4 is 5.32 Å².